The minimum absolute atomic E-state index is 0.00844. The number of hydrogen-bond acceptors (Lipinski definition) is 5. The minimum atomic E-state index is -1.07. The van der Waals surface area contributed by atoms with Crippen LogP contribution in [0.1, 0.15) is 41.8 Å². The van der Waals surface area contributed by atoms with E-state index >= 15 is 0 Å². The Balaban J connectivity index is 2.66. The summed E-state index contributed by atoms with van der Waals surface area (Å²) in [5.41, 5.74) is 5.56. The number of nitrogens with one attached hydrogen (secondary N) is 1. The maximum Gasteiger partial charge on any atom is 0.355 e. The summed E-state index contributed by atoms with van der Waals surface area (Å²) in [6.07, 6.45) is 0.552. The number of nitrogens with zero attached hydrogens (tertiary/aromatic N) is 1. The van der Waals surface area contributed by atoms with E-state index in [1.54, 1.807) is 6.92 Å². The second kappa shape index (κ2) is 5.74. The van der Waals surface area contributed by atoms with Crippen LogP contribution in [0.15, 0.2) is 5.38 Å². The molecule has 4 N–H and O–H groups in total. The molecule has 1 rings (SSSR count). The number of carbonyl (C=O) groups is 2. The number of nitrogens with two attached hydrogens (primary N) is 1. The molecule has 0 saturated heterocycles. The van der Waals surface area contributed by atoms with E-state index in [-0.39, 0.29) is 17.6 Å². The number of aromatic nitrogens is 1. The van der Waals surface area contributed by atoms with Gasteiger partial charge in [0.25, 0.3) is 0 Å². The monoisotopic (exact) mass is 257 g/mol. The topological polar surface area (TPSA) is 105 Å². The Hall–Kier alpha value is -1.47. The molecule has 0 spiro atoms. The van der Waals surface area contributed by atoms with Crippen molar-refractivity contribution in [3.63, 3.8) is 0 Å². The normalized spacial score (nSPS) is 14.1. The van der Waals surface area contributed by atoms with Crippen molar-refractivity contribution in [1.82, 2.24) is 10.3 Å². The number of aromatic carboxylic acids is 1. The molecular formula is C10H15N3O3S. The van der Waals surface area contributed by atoms with Crippen molar-refractivity contribution in [2.75, 3.05) is 0 Å². The van der Waals surface area contributed by atoms with Crippen molar-refractivity contribution >= 4 is 23.2 Å². The lowest BCUT2D eigenvalue weighted by Crippen LogP contribution is -2.41. The molecule has 6 nitrogen and oxygen atoms in total. The molecule has 1 aromatic rings. The quantitative estimate of drug-likeness (QED) is 0.722. The van der Waals surface area contributed by atoms with E-state index in [4.69, 9.17) is 10.8 Å². The van der Waals surface area contributed by atoms with Gasteiger partial charge < -0.3 is 16.2 Å². The molecule has 1 heterocycles. The predicted molar refractivity (Wildman–Crippen MR) is 63.9 cm³/mol. The first-order valence-corrected chi connectivity index (χ1v) is 6.08. The van der Waals surface area contributed by atoms with Gasteiger partial charge in [-0.3, -0.25) is 4.79 Å². The van der Waals surface area contributed by atoms with Crippen LogP contribution in [0.5, 0.6) is 0 Å². The Kier molecular flexibility index (Phi) is 4.59. The van der Waals surface area contributed by atoms with Crippen molar-refractivity contribution in [3.05, 3.63) is 16.1 Å². The van der Waals surface area contributed by atoms with E-state index in [0.717, 1.165) is 0 Å². The Morgan fingerprint density at radius 2 is 2.29 bits per heavy atom. The van der Waals surface area contributed by atoms with Gasteiger partial charge in [-0.2, -0.15) is 0 Å². The minimum Gasteiger partial charge on any atom is -0.476 e. The van der Waals surface area contributed by atoms with Gasteiger partial charge >= 0.3 is 5.97 Å². The summed E-state index contributed by atoms with van der Waals surface area (Å²) >= 11 is 1.20. The second-order valence-electron chi connectivity index (χ2n) is 3.62. The summed E-state index contributed by atoms with van der Waals surface area (Å²) in [5, 5.41) is 13.4. The highest BCUT2D eigenvalue weighted by molar-refractivity contribution is 7.09. The SMILES string of the molecule is CC[C@@H](N)C(=O)NC(C)c1nc(C(=O)O)cs1. The number of hydrogen-bond donors (Lipinski definition) is 3. The lowest BCUT2D eigenvalue weighted by Gasteiger charge is -2.14. The molecule has 0 radical (unpaired) electrons. The molecule has 0 saturated carbocycles. The fraction of sp³-hybridized carbons (Fsp3) is 0.500. The van der Waals surface area contributed by atoms with Gasteiger partial charge in [0.1, 0.15) is 5.01 Å². The summed E-state index contributed by atoms with van der Waals surface area (Å²) in [6.45, 7) is 3.56. The molecule has 94 valence electrons. The van der Waals surface area contributed by atoms with Gasteiger partial charge in [-0.15, -0.1) is 11.3 Å². The Labute approximate surface area is 103 Å². The van der Waals surface area contributed by atoms with Crippen LogP contribution in [-0.2, 0) is 4.79 Å². The maximum atomic E-state index is 11.5. The van der Waals surface area contributed by atoms with Crippen LogP contribution in [0.3, 0.4) is 0 Å². The molecule has 0 aliphatic carbocycles. The number of carboxylic acids is 1. The molecule has 2 atom stereocenters. The highest BCUT2D eigenvalue weighted by Gasteiger charge is 2.18. The van der Waals surface area contributed by atoms with Crippen LogP contribution < -0.4 is 11.1 Å². The van der Waals surface area contributed by atoms with Crippen LogP contribution in [0.25, 0.3) is 0 Å². The van der Waals surface area contributed by atoms with E-state index in [9.17, 15) is 9.59 Å². The van der Waals surface area contributed by atoms with Gasteiger partial charge in [0.05, 0.1) is 12.1 Å². The molecule has 7 heteroatoms. The average Bonchev–Trinajstić information content (AvgIpc) is 2.77. The predicted octanol–water partition coefficient (Wildman–Crippen LogP) is 0.756. The van der Waals surface area contributed by atoms with Crippen molar-refractivity contribution in [1.29, 1.82) is 0 Å². The molecule has 17 heavy (non-hydrogen) atoms. The van der Waals surface area contributed by atoms with E-state index in [1.165, 1.54) is 16.7 Å². The van der Waals surface area contributed by atoms with Crippen LogP contribution >= 0.6 is 11.3 Å². The molecule has 1 aromatic heterocycles. The molecule has 0 aliphatic heterocycles. The van der Waals surface area contributed by atoms with Crippen molar-refractivity contribution in [3.8, 4) is 0 Å². The zero-order chi connectivity index (χ0) is 13.0. The van der Waals surface area contributed by atoms with Gasteiger partial charge in [-0.05, 0) is 13.3 Å². The van der Waals surface area contributed by atoms with Crippen LogP contribution in [0.2, 0.25) is 0 Å². The third-order valence-electron chi connectivity index (χ3n) is 2.25. The number of thiazole rings is 1. The zero-order valence-corrected chi connectivity index (χ0v) is 10.5. The zero-order valence-electron chi connectivity index (χ0n) is 9.64. The lowest BCUT2D eigenvalue weighted by atomic mass is 10.2. The number of carbonyl (C=O) groups excluding carboxylic acids is 1. The standard InChI is InChI=1S/C10H15N3O3S/c1-3-6(11)8(14)12-5(2)9-13-7(4-17-9)10(15)16/h4-6H,3,11H2,1-2H3,(H,12,14)(H,15,16)/t5?,6-/m1/s1. The molecule has 0 bridgehead atoms. The molecular weight excluding hydrogens is 242 g/mol. The maximum absolute atomic E-state index is 11.5. The third-order valence-corrected chi connectivity index (χ3v) is 3.27. The molecule has 0 aliphatic rings. The van der Waals surface area contributed by atoms with E-state index in [1.807, 2.05) is 6.92 Å². The Morgan fingerprint density at radius 1 is 1.65 bits per heavy atom. The van der Waals surface area contributed by atoms with E-state index in [0.29, 0.717) is 11.4 Å². The Morgan fingerprint density at radius 3 is 2.76 bits per heavy atom. The summed E-state index contributed by atoms with van der Waals surface area (Å²) in [7, 11) is 0. The van der Waals surface area contributed by atoms with E-state index in [2.05, 4.69) is 10.3 Å². The van der Waals surface area contributed by atoms with E-state index < -0.39 is 12.0 Å². The van der Waals surface area contributed by atoms with Crippen molar-refractivity contribution in [2.45, 2.75) is 32.4 Å². The lowest BCUT2D eigenvalue weighted by molar-refractivity contribution is -0.123. The largest absolute Gasteiger partial charge is 0.476 e. The summed E-state index contributed by atoms with van der Waals surface area (Å²) in [5.74, 6) is -1.33. The van der Waals surface area contributed by atoms with Gasteiger partial charge in [-0.1, -0.05) is 6.92 Å². The van der Waals surface area contributed by atoms with Crippen molar-refractivity contribution in [2.24, 2.45) is 5.73 Å². The molecule has 1 amide bonds. The smallest absolute Gasteiger partial charge is 0.355 e. The average molecular weight is 257 g/mol. The first-order valence-electron chi connectivity index (χ1n) is 5.20. The molecule has 0 fully saturated rings. The van der Waals surface area contributed by atoms with Crippen molar-refractivity contribution < 1.29 is 14.7 Å². The number of rotatable bonds is 5. The van der Waals surface area contributed by atoms with Gasteiger partial charge in [0, 0.05) is 5.38 Å². The van der Waals surface area contributed by atoms with Gasteiger partial charge in [-0.25, -0.2) is 9.78 Å². The fourth-order valence-electron chi connectivity index (χ4n) is 1.15. The summed E-state index contributed by atoms with van der Waals surface area (Å²) < 4.78 is 0. The van der Waals surface area contributed by atoms with Gasteiger partial charge in [0.2, 0.25) is 5.91 Å². The molecule has 1 unspecified atom stereocenters. The summed E-state index contributed by atoms with van der Waals surface area (Å²) in [4.78, 5) is 26.1. The first kappa shape index (κ1) is 13.6. The van der Waals surface area contributed by atoms with Gasteiger partial charge in [0.15, 0.2) is 5.69 Å². The summed E-state index contributed by atoms with van der Waals surface area (Å²) in [6, 6.07) is -0.880. The highest BCUT2D eigenvalue weighted by atomic mass is 32.1. The fourth-order valence-corrected chi connectivity index (χ4v) is 1.95. The van der Waals surface area contributed by atoms with Crippen LogP contribution in [0.4, 0.5) is 0 Å². The third kappa shape index (κ3) is 3.50. The first-order chi connectivity index (χ1) is 7.95. The number of carboxylic acid groups (broad SMARTS) is 1. The Bertz CT molecular complexity index is 419. The van der Waals surface area contributed by atoms with Crippen LogP contribution in [0, 0.1) is 0 Å². The highest BCUT2D eigenvalue weighted by Crippen LogP contribution is 2.18. The van der Waals surface area contributed by atoms with Crippen LogP contribution in [-0.4, -0.2) is 28.0 Å². The second-order valence-corrected chi connectivity index (χ2v) is 4.51. The molecule has 0 aromatic carbocycles. The number of amides is 1.